The van der Waals surface area contributed by atoms with Crippen molar-refractivity contribution in [1.29, 1.82) is 0 Å². The first kappa shape index (κ1) is 17.2. The van der Waals surface area contributed by atoms with E-state index in [4.69, 9.17) is 0 Å². The van der Waals surface area contributed by atoms with Crippen LogP contribution in [-0.2, 0) is 9.84 Å². The third kappa shape index (κ3) is 3.14. The third-order valence-electron chi connectivity index (χ3n) is 5.50. The highest BCUT2D eigenvalue weighted by atomic mass is 32.2. The molecule has 26 heavy (non-hydrogen) atoms. The normalized spacial score (nSPS) is 18.8. The molecule has 1 aromatic heterocycles. The predicted octanol–water partition coefficient (Wildman–Crippen LogP) is 4.83. The highest BCUT2D eigenvalue weighted by Gasteiger charge is 2.36. The van der Waals surface area contributed by atoms with Crippen molar-refractivity contribution in [3.63, 3.8) is 0 Å². The molecule has 0 saturated heterocycles. The van der Waals surface area contributed by atoms with Crippen molar-refractivity contribution >= 4 is 21.0 Å². The van der Waals surface area contributed by atoms with E-state index >= 15 is 0 Å². The third-order valence-corrected chi connectivity index (χ3v) is 6.63. The molecule has 2 aliphatic rings. The van der Waals surface area contributed by atoms with Gasteiger partial charge >= 0.3 is 0 Å². The molecule has 0 bridgehead atoms. The van der Waals surface area contributed by atoms with Gasteiger partial charge in [-0.1, -0.05) is 43.2 Å². The average Bonchev–Trinajstić information content (AvgIpc) is 3.22. The Bertz CT molecular complexity index is 991. The number of pyridine rings is 1. The summed E-state index contributed by atoms with van der Waals surface area (Å²) < 4.78 is 23.5. The van der Waals surface area contributed by atoms with Crippen molar-refractivity contribution in [2.75, 3.05) is 6.26 Å². The van der Waals surface area contributed by atoms with Gasteiger partial charge in [0.2, 0.25) is 0 Å². The van der Waals surface area contributed by atoms with E-state index < -0.39 is 9.84 Å². The van der Waals surface area contributed by atoms with E-state index in [0.717, 1.165) is 16.8 Å². The van der Waals surface area contributed by atoms with E-state index in [1.807, 2.05) is 31.3 Å². The summed E-state index contributed by atoms with van der Waals surface area (Å²) in [5.74, 6) is 0. The molecular weight excluding hydrogens is 342 g/mol. The Morgan fingerprint density at radius 1 is 0.885 bits per heavy atom. The Hall–Kier alpha value is -2.20. The van der Waals surface area contributed by atoms with Crippen LogP contribution in [0.4, 0.5) is 0 Å². The molecule has 1 heterocycles. The van der Waals surface area contributed by atoms with Gasteiger partial charge in [-0.3, -0.25) is 4.98 Å². The number of hydrogen-bond donors (Lipinski definition) is 0. The van der Waals surface area contributed by atoms with Crippen molar-refractivity contribution in [3.05, 3.63) is 71.6 Å². The van der Waals surface area contributed by atoms with Gasteiger partial charge in [0.1, 0.15) is 0 Å². The Labute approximate surface area is 155 Å². The van der Waals surface area contributed by atoms with Crippen LogP contribution in [-0.4, -0.2) is 19.7 Å². The number of sulfone groups is 1. The molecule has 0 amide bonds. The molecule has 1 fully saturated rings. The van der Waals surface area contributed by atoms with Crippen LogP contribution in [0.1, 0.15) is 42.5 Å². The Balaban J connectivity index is 1.79. The summed E-state index contributed by atoms with van der Waals surface area (Å²) in [6.07, 6.45) is 12.9. The van der Waals surface area contributed by atoms with E-state index in [1.54, 1.807) is 12.1 Å². The summed E-state index contributed by atoms with van der Waals surface area (Å²) in [5, 5.41) is 0. The summed E-state index contributed by atoms with van der Waals surface area (Å²) in [6, 6.07) is 11.4. The lowest BCUT2D eigenvalue weighted by Crippen LogP contribution is -2.05. The Morgan fingerprint density at radius 3 is 2.00 bits per heavy atom. The minimum atomic E-state index is -3.18. The summed E-state index contributed by atoms with van der Waals surface area (Å²) in [5.41, 5.74) is 5.74. The zero-order chi connectivity index (χ0) is 18.4. The largest absolute Gasteiger partial charge is 0.261 e. The summed E-state index contributed by atoms with van der Waals surface area (Å²) in [4.78, 5) is 4.83. The van der Waals surface area contributed by atoms with Crippen LogP contribution in [0, 0.1) is 12.3 Å². The molecule has 0 unspecified atom stereocenters. The van der Waals surface area contributed by atoms with Gasteiger partial charge in [-0.2, -0.15) is 0 Å². The molecule has 0 aliphatic heterocycles. The SMILES string of the molecule is Cc1ccc(C2=CC3(C=C2c2ccc(S(C)(=O)=O)cc2)CCCC3)cn1. The molecule has 3 nitrogen and oxygen atoms in total. The van der Waals surface area contributed by atoms with Gasteiger partial charge in [-0.15, -0.1) is 0 Å². The molecule has 4 rings (SSSR count). The van der Waals surface area contributed by atoms with Crippen LogP contribution in [0.3, 0.4) is 0 Å². The van der Waals surface area contributed by atoms with Crippen molar-refractivity contribution < 1.29 is 8.42 Å². The van der Waals surface area contributed by atoms with Crippen LogP contribution >= 0.6 is 0 Å². The second-order valence-corrected chi connectivity index (χ2v) is 9.56. The molecule has 134 valence electrons. The number of aryl methyl sites for hydroxylation is 1. The zero-order valence-electron chi connectivity index (χ0n) is 15.2. The second-order valence-electron chi connectivity index (χ2n) is 7.54. The van der Waals surface area contributed by atoms with E-state index in [2.05, 4.69) is 23.2 Å². The second kappa shape index (κ2) is 6.20. The molecular formula is C22H23NO2S. The van der Waals surface area contributed by atoms with Crippen LogP contribution in [0.5, 0.6) is 0 Å². The summed E-state index contributed by atoms with van der Waals surface area (Å²) in [7, 11) is -3.18. The molecule has 0 N–H and O–H groups in total. The van der Waals surface area contributed by atoms with Gasteiger partial charge in [0.05, 0.1) is 4.90 Å². The van der Waals surface area contributed by atoms with Gasteiger partial charge in [0.25, 0.3) is 0 Å². The van der Waals surface area contributed by atoms with Crippen LogP contribution in [0.2, 0.25) is 0 Å². The van der Waals surface area contributed by atoms with Gasteiger partial charge in [0.15, 0.2) is 9.84 Å². The molecule has 4 heteroatoms. The maximum absolute atomic E-state index is 11.8. The standard InChI is InChI=1S/C22H23NO2S/c1-16-5-6-18(15-23-16)21-14-22(11-3-4-12-22)13-20(21)17-7-9-19(10-8-17)26(2,24)25/h5-10,13-15H,3-4,11-12H2,1-2H3. The van der Waals surface area contributed by atoms with Crippen molar-refractivity contribution in [2.45, 2.75) is 37.5 Å². The minimum absolute atomic E-state index is 0.144. The average molecular weight is 365 g/mol. The van der Waals surface area contributed by atoms with Gasteiger partial charge in [0, 0.05) is 29.1 Å². The van der Waals surface area contributed by atoms with Crippen LogP contribution in [0.15, 0.2) is 59.6 Å². The van der Waals surface area contributed by atoms with Crippen LogP contribution < -0.4 is 0 Å². The number of hydrogen-bond acceptors (Lipinski definition) is 3. The highest BCUT2D eigenvalue weighted by molar-refractivity contribution is 7.90. The van der Waals surface area contributed by atoms with E-state index in [0.29, 0.717) is 4.90 Å². The summed E-state index contributed by atoms with van der Waals surface area (Å²) >= 11 is 0. The number of nitrogens with zero attached hydrogens (tertiary/aromatic N) is 1. The number of benzene rings is 1. The Kier molecular flexibility index (Phi) is 4.11. The van der Waals surface area contributed by atoms with Crippen molar-refractivity contribution in [2.24, 2.45) is 5.41 Å². The van der Waals surface area contributed by atoms with Gasteiger partial charge in [-0.05, 0) is 54.7 Å². The minimum Gasteiger partial charge on any atom is -0.261 e. The monoisotopic (exact) mass is 365 g/mol. The predicted molar refractivity (Wildman–Crippen MR) is 105 cm³/mol. The lowest BCUT2D eigenvalue weighted by Gasteiger charge is -2.16. The molecule has 1 spiro atoms. The van der Waals surface area contributed by atoms with E-state index in [1.165, 1.54) is 43.1 Å². The van der Waals surface area contributed by atoms with E-state index in [-0.39, 0.29) is 5.41 Å². The van der Waals surface area contributed by atoms with Gasteiger partial charge in [-0.25, -0.2) is 8.42 Å². The quantitative estimate of drug-likeness (QED) is 0.782. The maximum Gasteiger partial charge on any atom is 0.175 e. The Morgan fingerprint density at radius 2 is 1.46 bits per heavy atom. The lowest BCUT2D eigenvalue weighted by atomic mass is 9.88. The highest BCUT2D eigenvalue weighted by Crippen LogP contribution is 2.51. The smallest absolute Gasteiger partial charge is 0.175 e. The zero-order valence-corrected chi connectivity index (χ0v) is 16.0. The fourth-order valence-electron chi connectivity index (χ4n) is 4.08. The molecule has 0 radical (unpaired) electrons. The van der Waals surface area contributed by atoms with Crippen molar-refractivity contribution in [3.8, 4) is 0 Å². The molecule has 1 aromatic carbocycles. The fraction of sp³-hybridized carbons (Fsp3) is 0.318. The molecule has 2 aromatic rings. The number of rotatable bonds is 3. The summed E-state index contributed by atoms with van der Waals surface area (Å²) in [6.45, 7) is 1.99. The molecule has 0 atom stereocenters. The molecule has 2 aliphatic carbocycles. The maximum atomic E-state index is 11.8. The molecule has 1 saturated carbocycles. The van der Waals surface area contributed by atoms with Crippen molar-refractivity contribution in [1.82, 2.24) is 4.98 Å². The lowest BCUT2D eigenvalue weighted by molar-refractivity contribution is 0.523. The topological polar surface area (TPSA) is 47.0 Å². The number of aromatic nitrogens is 1. The first-order chi connectivity index (χ1) is 12.4. The van der Waals surface area contributed by atoms with Crippen LogP contribution in [0.25, 0.3) is 11.1 Å². The number of allylic oxidation sites excluding steroid dienone is 4. The van der Waals surface area contributed by atoms with Gasteiger partial charge < -0.3 is 0 Å². The first-order valence-electron chi connectivity index (χ1n) is 9.06. The first-order valence-corrected chi connectivity index (χ1v) is 11.0. The van der Waals surface area contributed by atoms with E-state index in [9.17, 15) is 8.42 Å². The fourth-order valence-corrected chi connectivity index (χ4v) is 4.71.